The Morgan fingerprint density at radius 3 is 3.10 bits per heavy atom. The van der Waals surface area contributed by atoms with Gasteiger partial charge in [0.15, 0.2) is 4.96 Å². The van der Waals surface area contributed by atoms with Crippen molar-refractivity contribution in [3.05, 3.63) is 52.3 Å². The molecule has 0 fully saturated rings. The van der Waals surface area contributed by atoms with Gasteiger partial charge in [-0.05, 0) is 18.2 Å². The fraction of sp³-hybridized carbons (Fsp3) is 0.0769. The van der Waals surface area contributed by atoms with Gasteiger partial charge in [-0.2, -0.15) is 0 Å². The Balaban J connectivity index is 1.82. The van der Waals surface area contributed by atoms with E-state index in [2.05, 4.69) is 4.98 Å². The van der Waals surface area contributed by atoms with Gasteiger partial charge < -0.3 is 10.5 Å². The summed E-state index contributed by atoms with van der Waals surface area (Å²) in [6, 6.07) is 5.00. The number of benzene rings is 1. The highest BCUT2D eigenvalue weighted by atomic mass is 35.5. The molecular formula is C13H11ClN4OS. The van der Waals surface area contributed by atoms with E-state index in [1.54, 1.807) is 29.5 Å². The summed E-state index contributed by atoms with van der Waals surface area (Å²) >= 11 is 7.50. The van der Waals surface area contributed by atoms with Crippen molar-refractivity contribution < 1.29 is 4.74 Å². The van der Waals surface area contributed by atoms with Crippen molar-refractivity contribution >= 4 is 33.7 Å². The van der Waals surface area contributed by atoms with Crippen LogP contribution >= 0.6 is 22.9 Å². The third-order valence-corrected chi connectivity index (χ3v) is 3.76. The number of ether oxygens (including phenoxy) is 1. The molecule has 0 radical (unpaired) electrons. The van der Waals surface area contributed by atoms with Gasteiger partial charge >= 0.3 is 0 Å². The number of imidazole rings is 1. The van der Waals surface area contributed by atoms with E-state index >= 15 is 0 Å². The average Bonchev–Trinajstić information content (AvgIpc) is 2.96. The van der Waals surface area contributed by atoms with Crippen LogP contribution in [0.25, 0.3) is 4.96 Å². The molecule has 0 unspecified atom stereocenters. The Morgan fingerprint density at radius 2 is 2.35 bits per heavy atom. The lowest BCUT2D eigenvalue weighted by Gasteiger charge is -2.09. The number of halogens is 1. The number of rotatable bonds is 4. The molecule has 1 aromatic carbocycles. The zero-order valence-electron chi connectivity index (χ0n) is 10.3. The Labute approximate surface area is 124 Å². The van der Waals surface area contributed by atoms with Crippen LogP contribution in [0.2, 0.25) is 5.02 Å². The van der Waals surface area contributed by atoms with Crippen LogP contribution in [-0.4, -0.2) is 15.2 Å². The number of nitrogens with zero attached hydrogens (tertiary/aromatic N) is 2. The maximum Gasteiger partial charge on any atom is 0.193 e. The molecule has 2 aromatic heterocycles. The number of aromatic nitrogens is 2. The standard InChI is InChI=1S/C13H11ClN4OS/c14-8-1-2-10(12(15)16)11(5-8)19-7-9-6-18-3-4-20-13(18)17-9/h1-6H,7H2,(H3,15,16). The number of hydrogen-bond donors (Lipinski definition) is 2. The van der Waals surface area contributed by atoms with Gasteiger partial charge in [0, 0.05) is 22.8 Å². The van der Waals surface area contributed by atoms with E-state index in [4.69, 9.17) is 27.5 Å². The van der Waals surface area contributed by atoms with Gasteiger partial charge in [-0.1, -0.05) is 11.6 Å². The van der Waals surface area contributed by atoms with Crippen molar-refractivity contribution in [2.75, 3.05) is 0 Å². The number of fused-ring (bicyclic) bond motifs is 1. The predicted octanol–water partition coefficient (Wildman–Crippen LogP) is 2.91. The van der Waals surface area contributed by atoms with Gasteiger partial charge in [0.05, 0.1) is 11.3 Å². The first-order chi connectivity index (χ1) is 9.63. The quantitative estimate of drug-likeness (QED) is 0.575. The zero-order valence-corrected chi connectivity index (χ0v) is 11.9. The molecule has 0 aliphatic heterocycles. The minimum Gasteiger partial charge on any atom is -0.486 e. The highest BCUT2D eigenvalue weighted by Gasteiger charge is 2.09. The van der Waals surface area contributed by atoms with Crippen molar-refractivity contribution in [2.24, 2.45) is 5.73 Å². The van der Waals surface area contributed by atoms with Crippen molar-refractivity contribution in [3.63, 3.8) is 0 Å². The van der Waals surface area contributed by atoms with Crippen LogP contribution in [0.5, 0.6) is 5.75 Å². The number of nitrogen functional groups attached to an aromatic ring is 1. The van der Waals surface area contributed by atoms with Crippen molar-refractivity contribution in [3.8, 4) is 5.75 Å². The molecule has 0 spiro atoms. The van der Waals surface area contributed by atoms with Crippen LogP contribution in [-0.2, 0) is 6.61 Å². The maximum atomic E-state index is 7.53. The number of amidine groups is 1. The van der Waals surface area contributed by atoms with E-state index < -0.39 is 0 Å². The van der Waals surface area contributed by atoms with E-state index in [1.165, 1.54) is 0 Å². The van der Waals surface area contributed by atoms with Gasteiger partial charge in [0.25, 0.3) is 0 Å². The zero-order chi connectivity index (χ0) is 14.1. The van der Waals surface area contributed by atoms with Gasteiger partial charge in [-0.15, -0.1) is 11.3 Å². The SMILES string of the molecule is N=C(N)c1ccc(Cl)cc1OCc1cn2ccsc2n1. The maximum absolute atomic E-state index is 7.53. The highest BCUT2D eigenvalue weighted by Crippen LogP contribution is 2.24. The van der Waals surface area contributed by atoms with E-state index in [1.807, 2.05) is 22.2 Å². The summed E-state index contributed by atoms with van der Waals surface area (Å²) in [6.45, 7) is 0.301. The molecule has 3 N–H and O–H groups in total. The Kier molecular flexibility index (Phi) is 3.33. The molecule has 0 aliphatic rings. The largest absolute Gasteiger partial charge is 0.486 e. The lowest BCUT2D eigenvalue weighted by atomic mass is 10.2. The van der Waals surface area contributed by atoms with Crippen molar-refractivity contribution in [1.82, 2.24) is 9.38 Å². The second-order valence-corrected chi connectivity index (χ2v) is 5.48. The molecule has 102 valence electrons. The Hall–Kier alpha value is -2.05. The third-order valence-electron chi connectivity index (χ3n) is 2.75. The van der Waals surface area contributed by atoms with Gasteiger partial charge in [-0.25, -0.2) is 4.98 Å². The topological polar surface area (TPSA) is 76.4 Å². The third kappa shape index (κ3) is 2.48. The minimum absolute atomic E-state index is 0.0532. The van der Waals surface area contributed by atoms with Crippen LogP contribution in [0.4, 0.5) is 0 Å². The molecule has 0 saturated heterocycles. The normalized spacial score (nSPS) is 10.8. The number of nitrogens with two attached hydrogens (primary N) is 1. The van der Waals surface area contributed by atoms with E-state index in [0.717, 1.165) is 10.7 Å². The van der Waals surface area contributed by atoms with Crippen molar-refractivity contribution in [2.45, 2.75) is 6.61 Å². The second kappa shape index (κ2) is 5.15. The van der Waals surface area contributed by atoms with E-state index in [9.17, 15) is 0 Å². The van der Waals surface area contributed by atoms with Crippen molar-refractivity contribution in [1.29, 1.82) is 5.41 Å². The molecule has 20 heavy (non-hydrogen) atoms. The monoisotopic (exact) mass is 306 g/mol. The second-order valence-electron chi connectivity index (χ2n) is 4.17. The molecule has 2 heterocycles. The van der Waals surface area contributed by atoms with Gasteiger partial charge in [-0.3, -0.25) is 9.81 Å². The summed E-state index contributed by atoms with van der Waals surface area (Å²) in [6.07, 6.45) is 3.85. The first-order valence-electron chi connectivity index (χ1n) is 5.81. The molecular weight excluding hydrogens is 296 g/mol. The van der Waals surface area contributed by atoms with E-state index in [0.29, 0.717) is 22.9 Å². The average molecular weight is 307 g/mol. The molecule has 0 aliphatic carbocycles. The first-order valence-corrected chi connectivity index (χ1v) is 7.07. The van der Waals surface area contributed by atoms with Gasteiger partial charge in [0.2, 0.25) is 0 Å². The molecule has 3 aromatic rings. The lowest BCUT2D eigenvalue weighted by molar-refractivity contribution is 0.301. The lowest BCUT2D eigenvalue weighted by Crippen LogP contribution is -2.13. The molecule has 0 bridgehead atoms. The number of nitrogens with one attached hydrogen (secondary N) is 1. The molecule has 5 nitrogen and oxygen atoms in total. The predicted molar refractivity (Wildman–Crippen MR) is 79.9 cm³/mol. The summed E-state index contributed by atoms with van der Waals surface area (Å²) in [5.41, 5.74) is 6.86. The number of hydrogen-bond acceptors (Lipinski definition) is 4. The summed E-state index contributed by atoms with van der Waals surface area (Å²) in [5, 5.41) is 10.0. The van der Waals surface area contributed by atoms with Gasteiger partial charge in [0.1, 0.15) is 18.2 Å². The van der Waals surface area contributed by atoms with Crippen LogP contribution < -0.4 is 10.5 Å². The Morgan fingerprint density at radius 1 is 1.50 bits per heavy atom. The van der Waals surface area contributed by atoms with Crippen LogP contribution in [0, 0.1) is 5.41 Å². The fourth-order valence-corrected chi connectivity index (χ4v) is 2.72. The fourth-order valence-electron chi connectivity index (χ4n) is 1.84. The molecule has 0 atom stereocenters. The summed E-state index contributed by atoms with van der Waals surface area (Å²) in [7, 11) is 0. The smallest absolute Gasteiger partial charge is 0.193 e. The summed E-state index contributed by atoms with van der Waals surface area (Å²) in [4.78, 5) is 5.34. The molecule has 7 heteroatoms. The van der Waals surface area contributed by atoms with Crippen LogP contribution in [0.3, 0.4) is 0 Å². The minimum atomic E-state index is -0.0532. The molecule has 0 amide bonds. The number of thiazole rings is 1. The van der Waals surface area contributed by atoms with Crippen LogP contribution in [0.15, 0.2) is 36.0 Å². The highest BCUT2D eigenvalue weighted by molar-refractivity contribution is 7.15. The summed E-state index contributed by atoms with van der Waals surface area (Å²) < 4.78 is 7.63. The van der Waals surface area contributed by atoms with Crippen LogP contribution in [0.1, 0.15) is 11.3 Å². The van der Waals surface area contributed by atoms with E-state index in [-0.39, 0.29) is 5.84 Å². The first kappa shape index (κ1) is 13.0. The molecule has 3 rings (SSSR count). The summed E-state index contributed by atoms with van der Waals surface area (Å²) in [5.74, 6) is 0.434. The molecule has 0 saturated carbocycles. The Bertz CT molecular complexity index is 751.